The molecule has 1 N–H and O–H groups in total. The Bertz CT molecular complexity index is 1280. The molecule has 2 heterocycles. The van der Waals surface area contributed by atoms with Gasteiger partial charge in [-0.2, -0.15) is 15.0 Å². The number of rotatable bonds is 5. The Morgan fingerprint density at radius 1 is 1.14 bits per heavy atom. The molecule has 0 spiro atoms. The van der Waals surface area contributed by atoms with Gasteiger partial charge in [-0.25, -0.2) is 9.48 Å². The minimum Gasteiger partial charge on any atom is -0.270 e. The number of aromatic amines is 1. The standard InChI is InChI=1S/C18H14Cl2N6O3/c1-2-5-25-16(27)4-3-10(23-25)6-12-13(19)7-11(8-14(12)20)26-18(29)22-17(28)15(9-21)24-26/h3-4,7-8H,2,5-6H2,1H3,(H,22,28,29). The van der Waals surface area contributed by atoms with Crippen LogP contribution in [0.15, 0.2) is 38.6 Å². The highest BCUT2D eigenvalue weighted by Crippen LogP contribution is 2.29. The molecular weight excluding hydrogens is 419 g/mol. The molecule has 29 heavy (non-hydrogen) atoms. The molecule has 0 saturated heterocycles. The Hall–Kier alpha value is -3.22. The van der Waals surface area contributed by atoms with Gasteiger partial charge in [-0.1, -0.05) is 30.1 Å². The highest BCUT2D eigenvalue weighted by Gasteiger charge is 2.14. The predicted octanol–water partition coefficient (Wildman–Crippen LogP) is 1.66. The first kappa shape index (κ1) is 20.5. The van der Waals surface area contributed by atoms with Crippen LogP contribution in [0.5, 0.6) is 0 Å². The van der Waals surface area contributed by atoms with Crippen LogP contribution in [0.1, 0.15) is 30.3 Å². The first-order chi connectivity index (χ1) is 13.8. The van der Waals surface area contributed by atoms with Crippen LogP contribution >= 0.6 is 23.2 Å². The maximum absolute atomic E-state index is 12.0. The third-order valence-electron chi connectivity index (χ3n) is 4.02. The molecule has 0 fully saturated rings. The largest absolute Gasteiger partial charge is 0.349 e. The number of H-pyrrole nitrogens is 1. The van der Waals surface area contributed by atoms with Gasteiger partial charge in [-0.05, 0) is 30.2 Å². The Balaban J connectivity index is 2.03. The Morgan fingerprint density at radius 2 is 1.83 bits per heavy atom. The van der Waals surface area contributed by atoms with Gasteiger partial charge in [0, 0.05) is 29.1 Å². The summed E-state index contributed by atoms with van der Waals surface area (Å²) in [4.78, 5) is 37.4. The molecule has 9 nitrogen and oxygen atoms in total. The molecule has 3 aromatic rings. The zero-order valence-corrected chi connectivity index (χ0v) is 16.7. The molecule has 11 heteroatoms. The lowest BCUT2D eigenvalue weighted by Crippen LogP contribution is -2.33. The molecular formula is C18H14Cl2N6O3. The number of nitriles is 1. The molecule has 0 unspecified atom stereocenters. The van der Waals surface area contributed by atoms with Gasteiger partial charge < -0.3 is 0 Å². The van der Waals surface area contributed by atoms with Crippen LogP contribution < -0.4 is 16.8 Å². The number of hydrogen-bond donors (Lipinski definition) is 1. The fourth-order valence-electron chi connectivity index (χ4n) is 2.67. The van der Waals surface area contributed by atoms with Gasteiger partial charge in [0.15, 0.2) is 0 Å². The summed E-state index contributed by atoms with van der Waals surface area (Å²) in [6, 6.07) is 7.53. The predicted molar refractivity (Wildman–Crippen MR) is 107 cm³/mol. The molecule has 0 radical (unpaired) electrons. The van der Waals surface area contributed by atoms with Crippen molar-refractivity contribution < 1.29 is 0 Å². The van der Waals surface area contributed by atoms with E-state index in [0.29, 0.717) is 17.8 Å². The van der Waals surface area contributed by atoms with Crippen molar-refractivity contribution in [1.29, 1.82) is 5.26 Å². The lowest BCUT2D eigenvalue weighted by molar-refractivity contribution is 0.557. The van der Waals surface area contributed by atoms with Crippen molar-refractivity contribution in [3.05, 3.63) is 82.5 Å². The fraction of sp³-hybridized carbons (Fsp3) is 0.222. The maximum atomic E-state index is 12.0. The van der Waals surface area contributed by atoms with E-state index >= 15 is 0 Å². The number of hydrogen-bond acceptors (Lipinski definition) is 6. The van der Waals surface area contributed by atoms with Crippen LogP contribution in [0.3, 0.4) is 0 Å². The van der Waals surface area contributed by atoms with Gasteiger partial charge in [0.2, 0.25) is 5.69 Å². The number of nitrogens with one attached hydrogen (secondary N) is 1. The molecule has 0 saturated carbocycles. The third kappa shape index (κ3) is 4.29. The number of benzene rings is 1. The van der Waals surface area contributed by atoms with Crippen molar-refractivity contribution in [2.24, 2.45) is 0 Å². The molecule has 1 aromatic carbocycles. The van der Waals surface area contributed by atoms with E-state index in [1.807, 2.05) is 11.9 Å². The number of aryl methyl sites for hydroxylation is 1. The highest BCUT2D eigenvalue weighted by molar-refractivity contribution is 6.36. The van der Waals surface area contributed by atoms with Crippen LogP contribution in [0.4, 0.5) is 0 Å². The molecule has 3 rings (SSSR count). The monoisotopic (exact) mass is 432 g/mol. The second-order valence-corrected chi connectivity index (χ2v) is 6.90. The Kier molecular flexibility index (Phi) is 5.96. The minimum absolute atomic E-state index is 0.186. The Labute approximate surface area is 173 Å². The van der Waals surface area contributed by atoms with Gasteiger partial charge >= 0.3 is 5.69 Å². The average molecular weight is 433 g/mol. The van der Waals surface area contributed by atoms with Crippen LogP contribution in [-0.2, 0) is 13.0 Å². The third-order valence-corrected chi connectivity index (χ3v) is 4.69. The number of nitrogens with zero attached hydrogens (tertiary/aromatic N) is 5. The van der Waals surface area contributed by atoms with E-state index in [9.17, 15) is 14.4 Å². The van der Waals surface area contributed by atoms with Gasteiger partial charge in [-0.3, -0.25) is 14.6 Å². The first-order valence-electron chi connectivity index (χ1n) is 8.53. The van der Waals surface area contributed by atoms with Crippen molar-refractivity contribution >= 4 is 23.2 Å². The second kappa shape index (κ2) is 8.43. The zero-order valence-electron chi connectivity index (χ0n) is 15.1. The summed E-state index contributed by atoms with van der Waals surface area (Å²) in [7, 11) is 0. The molecule has 0 aliphatic rings. The van der Waals surface area contributed by atoms with Crippen molar-refractivity contribution in [1.82, 2.24) is 24.5 Å². The summed E-state index contributed by atoms with van der Waals surface area (Å²) >= 11 is 12.7. The maximum Gasteiger partial charge on any atom is 0.349 e. The molecule has 2 aromatic heterocycles. The first-order valence-corrected chi connectivity index (χ1v) is 9.28. The minimum atomic E-state index is -0.879. The lowest BCUT2D eigenvalue weighted by atomic mass is 10.1. The van der Waals surface area contributed by atoms with Gasteiger partial charge in [0.05, 0.1) is 11.4 Å². The highest BCUT2D eigenvalue weighted by atomic mass is 35.5. The average Bonchev–Trinajstić information content (AvgIpc) is 2.67. The van der Waals surface area contributed by atoms with E-state index in [4.69, 9.17) is 28.5 Å². The van der Waals surface area contributed by atoms with Gasteiger partial charge in [0.25, 0.3) is 11.1 Å². The van der Waals surface area contributed by atoms with Gasteiger partial charge in [0.1, 0.15) is 6.07 Å². The summed E-state index contributed by atoms with van der Waals surface area (Å²) in [5.41, 5.74) is -1.04. The van der Waals surface area contributed by atoms with E-state index in [2.05, 4.69) is 10.2 Å². The summed E-state index contributed by atoms with van der Waals surface area (Å²) in [5.74, 6) is 0. The molecule has 0 aliphatic carbocycles. The van der Waals surface area contributed by atoms with Gasteiger partial charge in [-0.15, -0.1) is 5.10 Å². The van der Waals surface area contributed by atoms with Crippen LogP contribution in [0.25, 0.3) is 5.69 Å². The lowest BCUT2D eigenvalue weighted by Gasteiger charge is -2.11. The summed E-state index contributed by atoms with van der Waals surface area (Å²) in [6.45, 7) is 2.44. The van der Waals surface area contributed by atoms with Crippen molar-refractivity contribution in [3.63, 3.8) is 0 Å². The Morgan fingerprint density at radius 3 is 2.45 bits per heavy atom. The normalized spacial score (nSPS) is 10.7. The SMILES string of the molecule is CCCn1nc(Cc2c(Cl)cc(-n3nc(C#N)c(=O)[nH]c3=O)cc2Cl)ccc1=O. The second-order valence-electron chi connectivity index (χ2n) is 6.08. The number of halogens is 2. The summed E-state index contributed by atoms with van der Waals surface area (Å²) < 4.78 is 2.21. The van der Waals surface area contributed by atoms with Crippen LogP contribution in [0.2, 0.25) is 10.0 Å². The zero-order chi connectivity index (χ0) is 21.1. The molecule has 0 bridgehead atoms. The van der Waals surface area contributed by atoms with E-state index in [-0.39, 0.29) is 27.7 Å². The topological polar surface area (TPSA) is 126 Å². The molecule has 0 atom stereocenters. The van der Waals surface area contributed by atoms with E-state index in [0.717, 1.165) is 11.1 Å². The quantitative estimate of drug-likeness (QED) is 0.652. The number of aromatic nitrogens is 5. The molecule has 0 amide bonds. The summed E-state index contributed by atoms with van der Waals surface area (Å²) in [6.07, 6.45) is 1.03. The summed E-state index contributed by atoms with van der Waals surface area (Å²) in [5, 5.41) is 17.5. The van der Waals surface area contributed by atoms with Crippen molar-refractivity contribution in [2.45, 2.75) is 26.3 Å². The fourth-order valence-corrected chi connectivity index (χ4v) is 3.28. The van der Waals surface area contributed by atoms with E-state index in [1.54, 1.807) is 12.1 Å². The molecule has 148 valence electrons. The van der Waals surface area contributed by atoms with Crippen LogP contribution in [0, 0.1) is 11.3 Å². The van der Waals surface area contributed by atoms with E-state index < -0.39 is 16.9 Å². The smallest absolute Gasteiger partial charge is 0.270 e. The van der Waals surface area contributed by atoms with Crippen molar-refractivity contribution in [3.8, 4) is 11.8 Å². The van der Waals surface area contributed by atoms with E-state index in [1.165, 1.54) is 22.9 Å². The van der Waals surface area contributed by atoms with Crippen LogP contribution in [-0.4, -0.2) is 24.5 Å². The molecule has 0 aliphatic heterocycles. The van der Waals surface area contributed by atoms with Crippen molar-refractivity contribution in [2.75, 3.05) is 0 Å².